The topological polar surface area (TPSA) is 81.7 Å². The molecule has 0 bridgehead atoms. The Balaban J connectivity index is 1.26. The van der Waals surface area contributed by atoms with Crippen LogP contribution in [0.4, 0.5) is 11.6 Å². The molecule has 2 saturated heterocycles. The molecule has 2 fully saturated rings. The van der Waals surface area contributed by atoms with Crippen LogP contribution in [-0.2, 0) is 9.59 Å². The molecular formula is C24H32N6O2. The predicted molar refractivity (Wildman–Crippen MR) is 125 cm³/mol. The van der Waals surface area contributed by atoms with E-state index in [2.05, 4.69) is 25.1 Å². The number of nitrogens with one attached hydrogen (secondary N) is 1. The largest absolute Gasteiger partial charge is 0.340 e. The van der Waals surface area contributed by atoms with Gasteiger partial charge in [0.2, 0.25) is 17.8 Å². The standard InChI is InChI=1S/C24H32N6O2/c1-18-6-3-7-19(2)22(18)27-21(31)17-28-12-14-29(15-13-28)23(32)20-8-4-11-30(16-20)24-25-9-5-10-26-24/h3,5-7,9-10,20H,4,8,11-17H2,1-2H3,(H,27,31). The second kappa shape index (κ2) is 10.1. The fourth-order valence-electron chi connectivity index (χ4n) is 4.59. The van der Waals surface area contributed by atoms with Gasteiger partial charge in [-0.1, -0.05) is 18.2 Å². The maximum atomic E-state index is 13.1. The van der Waals surface area contributed by atoms with Crippen molar-refractivity contribution in [2.24, 2.45) is 5.92 Å². The third-order valence-corrected chi connectivity index (χ3v) is 6.40. The molecule has 2 amide bonds. The normalized spacial score (nSPS) is 19.6. The van der Waals surface area contributed by atoms with Crippen LogP contribution in [-0.4, -0.2) is 77.4 Å². The molecule has 0 saturated carbocycles. The average Bonchev–Trinajstić information content (AvgIpc) is 2.82. The van der Waals surface area contributed by atoms with Gasteiger partial charge < -0.3 is 15.1 Å². The number of para-hydroxylation sites is 1. The summed E-state index contributed by atoms with van der Waals surface area (Å²) < 4.78 is 0. The number of carbonyl (C=O) groups excluding carboxylic acids is 2. The average molecular weight is 437 g/mol. The second-order valence-corrected chi connectivity index (χ2v) is 8.75. The highest BCUT2D eigenvalue weighted by atomic mass is 16.2. The molecule has 1 aromatic heterocycles. The Hall–Kier alpha value is -3.00. The number of hydrogen-bond donors (Lipinski definition) is 1. The molecule has 170 valence electrons. The number of anilines is 2. The molecule has 8 nitrogen and oxygen atoms in total. The first-order valence-electron chi connectivity index (χ1n) is 11.4. The number of piperazine rings is 1. The molecule has 2 aliphatic heterocycles. The molecule has 1 unspecified atom stereocenters. The van der Waals surface area contributed by atoms with Gasteiger partial charge in [-0.15, -0.1) is 0 Å². The third kappa shape index (κ3) is 5.24. The van der Waals surface area contributed by atoms with E-state index in [4.69, 9.17) is 0 Å². The van der Waals surface area contributed by atoms with Gasteiger partial charge in [0.15, 0.2) is 0 Å². The maximum absolute atomic E-state index is 13.1. The molecule has 0 spiro atoms. The molecule has 4 rings (SSSR count). The van der Waals surface area contributed by atoms with Crippen LogP contribution < -0.4 is 10.2 Å². The molecule has 8 heteroatoms. The van der Waals surface area contributed by atoms with E-state index in [0.29, 0.717) is 45.2 Å². The van der Waals surface area contributed by atoms with Crippen molar-refractivity contribution in [2.75, 3.05) is 56.0 Å². The summed E-state index contributed by atoms with van der Waals surface area (Å²) in [6, 6.07) is 7.81. The first kappa shape index (κ1) is 22.2. The first-order chi connectivity index (χ1) is 15.5. The number of aryl methyl sites for hydroxylation is 2. The van der Waals surface area contributed by atoms with Crippen LogP contribution in [0.5, 0.6) is 0 Å². The Morgan fingerprint density at radius 2 is 1.69 bits per heavy atom. The number of benzene rings is 1. The summed E-state index contributed by atoms with van der Waals surface area (Å²) >= 11 is 0. The number of carbonyl (C=O) groups is 2. The summed E-state index contributed by atoms with van der Waals surface area (Å²) in [7, 11) is 0. The molecule has 0 aliphatic carbocycles. The molecule has 32 heavy (non-hydrogen) atoms. The van der Waals surface area contributed by atoms with E-state index < -0.39 is 0 Å². The molecular weight excluding hydrogens is 404 g/mol. The highest BCUT2D eigenvalue weighted by Crippen LogP contribution is 2.23. The Morgan fingerprint density at radius 3 is 2.38 bits per heavy atom. The maximum Gasteiger partial charge on any atom is 0.238 e. The first-order valence-corrected chi connectivity index (χ1v) is 11.4. The number of rotatable bonds is 5. The predicted octanol–water partition coefficient (Wildman–Crippen LogP) is 2.09. The van der Waals surface area contributed by atoms with Crippen molar-refractivity contribution in [3.05, 3.63) is 47.8 Å². The molecule has 1 N–H and O–H groups in total. The third-order valence-electron chi connectivity index (χ3n) is 6.40. The minimum absolute atomic E-state index is 0.00652. The summed E-state index contributed by atoms with van der Waals surface area (Å²) in [5.41, 5.74) is 3.03. The van der Waals surface area contributed by atoms with Crippen LogP contribution in [0, 0.1) is 19.8 Å². The van der Waals surface area contributed by atoms with E-state index in [0.717, 1.165) is 36.2 Å². The zero-order valence-electron chi connectivity index (χ0n) is 19.0. The summed E-state index contributed by atoms with van der Waals surface area (Å²) in [5.74, 6) is 0.884. The van der Waals surface area contributed by atoms with Gasteiger partial charge in [-0.3, -0.25) is 14.5 Å². The van der Waals surface area contributed by atoms with E-state index >= 15 is 0 Å². The van der Waals surface area contributed by atoms with E-state index in [1.165, 1.54) is 0 Å². The minimum atomic E-state index is -0.0218. The van der Waals surface area contributed by atoms with Gasteiger partial charge in [0.05, 0.1) is 12.5 Å². The van der Waals surface area contributed by atoms with Gasteiger partial charge in [0, 0.05) is 57.3 Å². The van der Waals surface area contributed by atoms with E-state index in [-0.39, 0.29) is 17.7 Å². The summed E-state index contributed by atoms with van der Waals surface area (Å²) in [5, 5.41) is 3.05. The number of nitrogens with zero attached hydrogens (tertiary/aromatic N) is 5. The van der Waals surface area contributed by atoms with Crippen molar-refractivity contribution < 1.29 is 9.59 Å². The lowest BCUT2D eigenvalue weighted by molar-refractivity contribution is -0.137. The van der Waals surface area contributed by atoms with Crippen molar-refractivity contribution in [3.8, 4) is 0 Å². The Kier molecular flexibility index (Phi) is 6.99. The SMILES string of the molecule is Cc1cccc(C)c1NC(=O)CN1CCN(C(=O)C2CCCN(c3ncccn3)C2)CC1. The van der Waals surface area contributed by atoms with Crippen LogP contribution in [0.15, 0.2) is 36.7 Å². The monoisotopic (exact) mass is 436 g/mol. The quantitative estimate of drug-likeness (QED) is 0.773. The van der Waals surface area contributed by atoms with Crippen molar-refractivity contribution >= 4 is 23.5 Å². The van der Waals surface area contributed by atoms with E-state index in [1.807, 2.05) is 36.9 Å². The van der Waals surface area contributed by atoms with E-state index in [1.54, 1.807) is 18.5 Å². The van der Waals surface area contributed by atoms with Gasteiger partial charge in [-0.2, -0.15) is 0 Å². The highest BCUT2D eigenvalue weighted by molar-refractivity contribution is 5.93. The molecule has 3 heterocycles. The van der Waals surface area contributed by atoms with Gasteiger partial charge in [0.1, 0.15) is 0 Å². The lowest BCUT2D eigenvalue weighted by Gasteiger charge is -2.38. The number of amides is 2. The zero-order chi connectivity index (χ0) is 22.5. The van der Waals surface area contributed by atoms with E-state index in [9.17, 15) is 9.59 Å². The second-order valence-electron chi connectivity index (χ2n) is 8.75. The minimum Gasteiger partial charge on any atom is -0.340 e. The summed E-state index contributed by atoms with van der Waals surface area (Å²) in [4.78, 5) is 40.6. The number of piperidine rings is 1. The Morgan fingerprint density at radius 1 is 1.00 bits per heavy atom. The molecule has 2 aliphatic rings. The summed E-state index contributed by atoms with van der Waals surface area (Å²) in [6.07, 6.45) is 5.35. The van der Waals surface area contributed by atoms with Gasteiger partial charge in [-0.25, -0.2) is 9.97 Å². The van der Waals surface area contributed by atoms with Crippen LogP contribution in [0.3, 0.4) is 0 Å². The molecule has 1 atom stereocenters. The lowest BCUT2D eigenvalue weighted by Crippen LogP contribution is -2.53. The van der Waals surface area contributed by atoms with Crippen molar-refractivity contribution in [1.82, 2.24) is 19.8 Å². The summed E-state index contributed by atoms with van der Waals surface area (Å²) in [6.45, 7) is 8.65. The fourth-order valence-corrected chi connectivity index (χ4v) is 4.59. The molecule has 0 radical (unpaired) electrons. The molecule has 2 aromatic rings. The van der Waals surface area contributed by atoms with Gasteiger partial charge in [0.25, 0.3) is 0 Å². The number of hydrogen-bond acceptors (Lipinski definition) is 6. The fraction of sp³-hybridized carbons (Fsp3) is 0.500. The number of aromatic nitrogens is 2. The van der Waals surface area contributed by atoms with Gasteiger partial charge in [-0.05, 0) is 43.9 Å². The highest BCUT2D eigenvalue weighted by Gasteiger charge is 2.32. The van der Waals surface area contributed by atoms with Crippen molar-refractivity contribution in [2.45, 2.75) is 26.7 Å². The van der Waals surface area contributed by atoms with Crippen molar-refractivity contribution in [3.63, 3.8) is 0 Å². The van der Waals surface area contributed by atoms with Crippen LogP contribution in [0.1, 0.15) is 24.0 Å². The van der Waals surface area contributed by atoms with Crippen LogP contribution in [0.2, 0.25) is 0 Å². The Labute approximate surface area is 189 Å². The smallest absolute Gasteiger partial charge is 0.238 e. The van der Waals surface area contributed by atoms with Crippen molar-refractivity contribution in [1.29, 1.82) is 0 Å². The van der Waals surface area contributed by atoms with Crippen LogP contribution >= 0.6 is 0 Å². The Bertz CT molecular complexity index is 923. The van der Waals surface area contributed by atoms with Gasteiger partial charge >= 0.3 is 0 Å². The van der Waals surface area contributed by atoms with Crippen LogP contribution in [0.25, 0.3) is 0 Å². The molecule has 1 aromatic carbocycles. The zero-order valence-corrected chi connectivity index (χ0v) is 19.0. The lowest BCUT2D eigenvalue weighted by atomic mass is 9.96.